The number of rotatable bonds is 8. The molecule has 4 rings (SSSR count). The van der Waals surface area contributed by atoms with E-state index in [4.69, 9.17) is 0 Å². The van der Waals surface area contributed by atoms with Crippen molar-refractivity contribution in [3.05, 3.63) is 106 Å². The number of nitrogens with zero attached hydrogens (tertiary/aromatic N) is 3. The topological polar surface area (TPSA) is 61.7 Å². The van der Waals surface area contributed by atoms with E-state index in [9.17, 15) is 36.5 Å². The van der Waals surface area contributed by atoms with E-state index in [1.54, 1.807) is 30.3 Å². The van der Waals surface area contributed by atoms with Crippen LogP contribution in [0.3, 0.4) is 0 Å². The fourth-order valence-corrected chi connectivity index (χ4v) is 4.88. The maximum Gasteiger partial charge on any atom is 0.410 e. The van der Waals surface area contributed by atoms with E-state index in [1.807, 2.05) is 30.3 Å². The molecule has 12 heteroatoms. The SMILES string of the molecule is O=[N+]([O-])c1ccc(N2C(C(F)(F)F)CN(C(CNCc3ccccc3)c3ccccc3)CC2C(F)(F)F)cc1. The van der Waals surface area contributed by atoms with Gasteiger partial charge in [0, 0.05) is 50.0 Å². The monoisotopic (exact) mass is 552 g/mol. The highest BCUT2D eigenvalue weighted by molar-refractivity contribution is 5.54. The standard InChI is InChI=1S/C27H26F6N4O2/c28-26(29,30)24-17-35(18-25(27(31,32)33)36(24)21-11-13-22(14-12-21)37(38)39)23(20-9-5-2-6-10-20)16-34-15-19-7-3-1-4-8-19/h1-14,23-25,34H,15-18H2. The van der Waals surface area contributed by atoms with Gasteiger partial charge < -0.3 is 10.2 Å². The number of nitrogens with one attached hydrogen (secondary N) is 1. The van der Waals surface area contributed by atoms with E-state index in [1.165, 1.54) is 4.90 Å². The second-order valence-corrected chi connectivity index (χ2v) is 9.29. The molecule has 0 aromatic heterocycles. The highest BCUT2D eigenvalue weighted by Crippen LogP contribution is 2.41. The van der Waals surface area contributed by atoms with E-state index in [0.717, 1.165) is 29.8 Å². The number of benzene rings is 3. The molecule has 3 unspecified atom stereocenters. The van der Waals surface area contributed by atoms with E-state index < -0.39 is 54.2 Å². The zero-order valence-corrected chi connectivity index (χ0v) is 20.6. The minimum Gasteiger partial charge on any atom is -0.346 e. The summed E-state index contributed by atoms with van der Waals surface area (Å²) in [6, 6.07) is 15.6. The summed E-state index contributed by atoms with van der Waals surface area (Å²) in [5, 5.41) is 14.2. The first-order valence-corrected chi connectivity index (χ1v) is 12.1. The molecule has 0 radical (unpaired) electrons. The molecule has 208 valence electrons. The average Bonchev–Trinajstić information content (AvgIpc) is 2.90. The molecule has 1 saturated heterocycles. The lowest BCUT2D eigenvalue weighted by Crippen LogP contribution is -2.68. The lowest BCUT2D eigenvalue weighted by Gasteiger charge is -2.50. The van der Waals surface area contributed by atoms with Crippen molar-refractivity contribution < 1.29 is 31.3 Å². The molecule has 1 aliphatic rings. The highest BCUT2D eigenvalue weighted by Gasteiger charge is 2.57. The van der Waals surface area contributed by atoms with E-state index in [-0.39, 0.29) is 12.2 Å². The van der Waals surface area contributed by atoms with Crippen molar-refractivity contribution >= 4 is 11.4 Å². The number of hydrogen-bond acceptors (Lipinski definition) is 5. The summed E-state index contributed by atoms with van der Waals surface area (Å²) in [6.45, 7) is -0.941. The Hall–Kier alpha value is -3.64. The third kappa shape index (κ3) is 6.87. The molecule has 39 heavy (non-hydrogen) atoms. The number of non-ortho nitro benzene ring substituents is 1. The van der Waals surface area contributed by atoms with E-state index >= 15 is 0 Å². The fraction of sp³-hybridized carbons (Fsp3) is 0.333. The summed E-state index contributed by atoms with van der Waals surface area (Å²) >= 11 is 0. The first kappa shape index (κ1) is 28.4. The Morgan fingerprint density at radius 2 is 1.33 bits per heavy atom. The predicted octanol–water partition coefficient (Wildman–Crippen LogP) is 6.11. The van der Waals surface area contributed by atoms with Gasteiger partial charge >= 0.3 is 12.4 Å². The summed E-state index contributed by atoms with van der Waals surface area (Å²) in [6.07, 6.45) is -10.0. The lowest BCUT2D eigenvalue weighted by atomic mass is 9.97. The van der Waals surface area contributed by atoms with Crippen LogP contribution in [0.1, 0.15) is 17.2 Å². The fourth-order valence-electron chi connectivity index (χ4n) is 4.88. The number of halogens is 6. The number of hydrogen-bond donors (Lipinski definition) is 1. The number of alkyl halides is 6. The van der Waals surface area contributed by atoms with Gasteiger partial charge in [0.05, 0.1) is 4.92 Å². The highest BCUT2D eigenvalue weighted by atomic mass is 19.4. The molecule has 3 aromatic carbocycles. The molecule has 0 amide bonds. The van der Waals surface area contributed by atoms with Crippen LogP contribution in [0.25, 0.3) is 0 Å². The molecule has 1 N–H and O–H groups in total. The first-order chi connectivity index (χ1) is 18.4. The molecule has 1 heterocycles. The van der Waals surface area contributed by atoms with Crippen LogP contribution in [0.2, 0.25) is 0 Å². The largest absolute Gasteiger partial charge is 0.410 e. The van der Waals surface area contributed by atoms with Gasteiger partial charge in [-0.25, -0.2) is 0 Å². The van der Waals surface area contributed by atoms with Crippen molar-refractivity contribution in [3.63, 3.8) is 0 Å². The van der Waals surface area contributed by atoms with Crippen LogP contribution in [0.4, 0.5) is 37.7 Å². The zero-order chi connectivity index (χ0) is 28.2. The summed E-state index contributed by atoms with van der Waals surface area (Å²) in [5.41, 5.74) is 0.693. The van der Waals surface area contributed by atoms with Gasteiger partial charge in [-0.05, 0) is 23.3 Å². The summed E-state index contributed by atoms with van der Waals surface area (Å²) in [4.78, 5) is 11.8. The van der Waals surface area contributed by atoms with Gasteiger partial charge in [0.1, 0.15) is 12.1 Å². The van der Waals surface area contributed by atoms with Crippen molar-refractivity contribution in [3.8, 4) is 0 Å². The third-order valence-corrected chi connectivity index (χ3v) is 6.74. The predicted molar refractivity (Wildman–Crippen MR) is 134 cm³/mol. The van der Waals surface area contributed by atoms with Crippen molar-refractivity contribution in [2.75, 3.05) is 24.5 Å². The Morgan fingerprint density at radius 3 is 1.82 bits per heavy atom. The minimum atomic E-state index is -5.01. The Kier molecular flexibility index (Phi) is 8.45. The average molecular weight is 553 g/mol. The minimum absolute atomic E-state index is 0.117. The Bertz CT molecular complexity index is 1200. The molecule has 0 spiro atoms. The van der Waals surface area contributed by atoms with Crippen molar-refractivity contribution in [2.24, 2.45) is 0 Å². The van der Waals surface area contributed by atoms with Gasteiger partial charge in [0.2, 0.25) is 0 Å². The van der Waals surface area contributed by atoms with Gasteiger partial charge in [-0.3, -0.25) is 15.0 Å². The number of piperazine rings is 1. The number of nitro groups is 1. The molecule has 0 aliphatic carbocycles. The summed E-state index contributed by atoms with van der Waals surface area (Å²) in [7, 11) is 0. The van der Waals surface area contributed by atoms with Crippen LogP contribution in [0, 0.1) is 10.1 Å². The second kappa shape index (κ2) is 11.6. The molecule has 0 saturated carbocycles. The molecule has 1 aliphatic heterocycles. The van der Waals surface area contributed by atoms with Gasteiger partial charge in [-0.15, -0.1) is 0 Å². The van der Waals surface area contributed by atoms with E-state index in [0.29, 0.717) is 17.0 Å². The van der Waals surface area contributed by atoms with Gasteiger partial charge in [-0.2, -0.15) is 26.3 Å². The molecule has 3 atom stereocenters. The molecule has 6 nitrogen and oxygen atoms in total. The van der Waals surface area contributed by atoms with Crippen molar-refractivity contribution in [1.29, 1.82) is 0 Å². The van der Waals surface area contributed by atoms with Gasteiger partial charge in [0.25, 0.3) is 5.69 Å². The van der Waals surface area contributed by atoms with Crippen LogP contribution in [0.5, 0.6) is 0 Å². The molecule has 3 aromatic rings. The Morgan fingerprint density at radius 1 is 0.821 bits per heavy atom. The Balaban J connectivity index is 1.68. The number of nitro benzene ring substituents is 1. The maximum atomic E-state index is 14.4. The van der Waals surface area contributed by atoms with Crippen molar-refractivity contribution in [1.82, 2.24) is 10.2 Å². The normalized spacial score (nSPS) is 19.6. The van der Waals surface area contributed by atoms with Crippen LogP contribution >= 0.6 is 0 Å². The Labute approximate surface area is 221 Å². The first-order valence-electron chi connectivity index (χ1n) is 12.1. The maximum absolute atomic E-state index is 14.4. The third-order valence-electron chi connectivity index (χ3n) is 6.74. The zero-order valence-electron chi connectivity index (χ0n) is 20.6. The molecular weight excluding hydrogens is 526 g/mol. The van der Waals surface area contributed by atoms with Crippen LogP contribution in [-0.2, 0) is 6.54 Å². The van der Waals surface area contributed by atoms with E-state index in [2.05, 4.69) is 5.32 Å². The number of anilines is 1. The molecular formula is C27H26F6N4O2. The summed E-state index contributed by atoms with van der Waals surface area (Å²) in [5.74, 6) is 0. The quantitative estimate of drug-likeness (QED) is 0.208. The van der Waals surface area contributed by atoms with Crippen molar-refractivity contribution in [2.45, 2.75) is 37.0 Å². The van der Waals surface area contributed by atoms with Crippen LogP contribution < -0.4 is 10.2 Å². The summed E-state index contributed by atoms with van der Waals surface area (Å²) < 4.78 is 86.4. The lowest BCUT2D eigenvalue weighted by molar-refractivity contribution is -0.384. The van der Waals surface area contributed by atoms with Crippen LogP contribution in [0.15, 0.2) is 84.9 Å². The van der Waals surface area contributed by atoms with Gasteiger partial charge in [-0.1, -0.05) is 60.7 Å². The molecule has 0 bridgehead atoms. The van der Waals surface area contributed by atoms with Crippen LogP contribution in [-0.4, -0.2) is 53.9 Å². The molecule has 1 fully saturated rings. The second-order valence-electron chi connectivity index (χ2n) is 9.29. The smallest absolute Gasteiger partial charge is 0.346 e. The van der Waals surface area contributed by atoms with Gasteiger partial charge in [0.15, 0.2) is 0 Å².